The van der Waals surface area contributed by atoms with E-state index in [1.165, 1.54) is 6.92 Å². The minimum Gasteiger partial charge on any atom is -0.493 e. The highest BCUT2D eigenvalue weighted by atomic mass is 16.5. The number of hydrogen-bond donors (Lipinski definition) is 0. The average Bonchev–Trinajstić information content (AvgIpc) is 2.27. The third-order valence-electron chi connectivity index (χ3n) is 2.38. The van der Waals surface area contributed by atoms with Gasteiger partial charge in [0.15, 0.2) is 0 Å². The van der Waals surface area contributed by atoms with Crippen molar-refractivity contribution in [3.8, 4) is 11.6 Å². The highest BCUT2D eigenvalue weighted by molar-refractivity contribution is 5.69. The highest BCUT2D eigenvalue weighted by Crippen LogP contribution is 2.29. The monoisotopic (exact) mass is 237 g/mol. The Morgan fingerprint density at radius 1 is 1.41 bits per heavy atom. The Labute approximate surface area is 102 Å². The van der Waals surface area contributed by atoms with Crippen molar-refractivity contribution in [1.82, 2.24) is 4.98 Å². The van der Waals surface area contributed by atoms with Gasteiger partial charge in [0.25, 0.3) is 0 Å². The zero-order chi connectivity index (χ0) is 12.8. The van der Waals surface area contributed by atoms with Gasteiger partial charge >= 0.3 is 5.97 Å². The van der Waals surface area contributed by atoms with Crippen LogP contribution < -0.4 is 9.47 Å². The summed E-state index contributed by atoms with van der Waals surface area (Å²) >= 11 is 0. The van der Waals surface area contributed by atoms with Gasteiger partial charge in [-0.3, -0.25) is 4.79 Å². The summed E-state index contributed by atoms with van der Waals surface area (Å²) in [5, 5.41) is 0. The molecule has 94 valence electrons. The van der Waals surface area contributed by atoms with Gasteiger partial charge in [-0.15, -0.1) is 0 Å². The lowest BCUT2D eigenvalue weighted by molar-refractivity contribution is -0.132. The number of rotatable bonds is 5. The van der Waals surface area contributed by atoms with E-state index in [2.05, 4.69) is 11.9 Å². The van der Waals surface area contributed by atoms with Crippen molar-refractivity contribution in [1.29, 1.82) is 0 Å². The van der Waals surface area contributed by atoms with Gasteiger partial charge in [0.1, 0.15) is 5.75 Å². The van der Waals surface area contributed by atoms with E-state index in [4.69, 9.17) is 9.47 Å². The molecule has 0 spiro atoms. The molecular weight excluding hydrogens is 218 g/mol. The third kappa shape index (κ3) is 3.73. The lowest BCUT2D eigenvalue weighted by Crippen LogP contribution is -2.07. The van der Waals surface area contributed by atoms with Gasteiger partial charge in [0.05, 0.1) is 12.2 Å². The fourth-order valence-electron chi connectivity index (χ4n) is 1.48. The van der Waals surface area contributed by atoms with Crippen LogP contribution in [0.25, 0.3) is 0 Å². The van der Waals surface area contributed by atoms with Gasteiger partial charge < -0.3 is 9.47 Å². The Kier molecular flexibility index (Phi) is 4.94. The maximum Gasteiger partial charge on any atom is 0.309 e. The number of carbonyl (C=O) groups excluding carboxylic acids is 1. The van der Waals surface area contributed by atoms with Crippen molar-refractivity contribution in [2.75, 3.05) is 6.61 Å². The molecule has 1 heterocycles. The quantitative estimate of drug-likeness (QED) is 0.583. The molecule has 0 aliphatic heterocycles. The second-order valence-corrected chi connectivity index (χ2v) is 4.00. The van der Waals surface area contributed by atoms with Crippen LogP contribution in [0.2, 0.25) is 0 Å². The molecule has 0 aliphatic rings. The molecule has 0 N–H and O–H groups in total. The van der Waals surface area contributed by atoms with Crippen molar-refractivity contribution in [2.45, 2.75) is 40.5 Å². The van der Waals surface area contributed by atoms with Crippen molar-refractivity contribution < 1.29 is 14.3 Å². The van der Waals surface area contributed by atoms with Crippen molar-refractivity contribution in [2.24, 2.45) is 0 Å². The lowest BCUT2D eigenvalue weighted by Gasteiger charge is -2.13. The first-order chi connectivity index (χ1) is 8.06. The Balaban J connectivity index is 2.90. The summed E-state index contributed by atoms with van der Waals surface area (Å²) in [6.07, 6.45) is 3.75. The number of esters is 1. The zero-order valence-corrected chi connectivity index (χ0v) is 10.9. The molecule has 0 unspecified atom stereocenters. The fraction of sp³-hybridized carbons (Fsp3) is 0.538. The molecule has 1 rings (SSSR count). The molecule has 0 saturated heterocycles. The normalized spacial score (nSPS) is 10.1. The topological polar surface area (TPSA) is 48.4 Å². The summed E-state index contributed by atoms with van der Waals surface area (Å²) in [4.78, 5) is 15.0. The molecule has 0 aromatic carbocycles. The summed E-state index contributed by atoms with van der Waals surface area (Å²) < 4.78 is 10.7. The Morgan fingerprint density at radius 3 is 2.71 bits per heavy atom. The smallest absolute Gasteiger partial charge is 0.309 e. The Hall–Kier alpha value is -1.58. The summed E-state index contributed by atoms with van der Waals surface area (Å²) in [5.74, 6) is 0.725. The van der Waals surface area contributed by atoms with Gasteiger partial charge in [-0.2, -0.15) is 0 Å². The van der Waals surface area contributed by atoms with E-state index in [9.17, 15) is 4.79 Å². The van der Waals surface area contributed by atoms with Crippen LogP contribution in [0.5, 0.6) is 11.6 Å². The van der Waals surface area contributed by atoms with Crippen molar-refractivity contribution in [3.63, 3.8) is 0 Å². The van der Waals surface area contributed by atoms with E-state index in [0.29, 0.717) is 12.5 Å². The second-order valence-electron chi connectivity index (χ2n) is 4.00. The highest BCUT2D eigenvalue weighted by Gasteiger charge is 2.12. The molecule has 4 nitrogen and oxygen atoms in total. The van der Waals surface area contributed by atoms with Crippen LogP contribution in [0.1, 0.15) is 37.8 Å². The predicted octanol–water partition coefficient (Wildman–Crippen LogP) is 2.80. The predicted molar refractivity (Wildman–Crippen MR) is 65.4 cm³/mol. The van der Waals surface area contributed by atoms with Crippen LogP contribution in [0, 0.1) is 13.8 Å². The molecule has 0 bridgehead atoms. The molecule has 17 heavy (non-hydrogen) atoms. The van der Waals surface area contributed by atoms with Crippen molar-refractivity contribution in [3.05, 3.63) is 17.3 Å². The fourth-order valence-corrected chi connectivity index (χ4v) is 1.48. The summed E-state index contributed by atoms with van der Waals surface area (Å²) in [7, 11) is 0. The largest absolute Gasteiger partial charge is 0.493 e. The standard InChI is InChI=1S/C13H19NO3/c1-5-6-7-16-12-9(2)8-14-13(10(12)3)17-11(4)15/h8H,5-7H2,1-4H3. The van der Waals surface area contributed by atoms with Gasteiger partial charge in [-0.1, -0.05) is 13.3 Å². The maximum absolute atomic E-state index is 10.9. The molecular formula is C13H19NO3. The molecule has 0 aliphatic carbocycles. The zero-order valence-electron chi connectivity index (χ0n) is 10.9. The molecule has 1 aromatic rings. The number of ether oxygens (including phenoxy) is 2. The second kappa shape index (κ2) is 6.23. The molecule has 0 atom stereocenters. The van der Waals surface area contributed by atoms with E-state index < -0.39 is 0 Å². The maximum atomic E-state index is 10.9. The van der Waals surface area contributed by atoms with E-state index in [-0.39, 0.29) is 5.97 Å². The molecule has 0 radical (unpaired) electrons. The van der Waals surface area contributed by atoms with Crippen LogP contribution in [-0.4, -0.2) is 17.6 Å². The van der Waals surface area contributed by atoms with E-state index >= 15 is 0 Å². The minimum absolute atomic E-state index is 0.328. The number of carbonyl (C=O) groups is 1. The van der Waals surface area contributed by atoms with Crippen molar-refractivity contribution >= 4 is 5.97 Å². The average molecular weight is 237 g/mol. The third-order valence-corrected chi connectivity index (χ3v) is 2.38. The number of unbranched alkanes of at least 4 members (excludes halogenated alkanes) is 1. The lowest BCUT2D eigenvalue weighted by atomic mass is 10.2. The first-order valence-corrected chi connectivity index (χ1v) is 5.83. The summed E-state index contributed by atoms with van der Waals surface area (Å²) in [6.45, 7) is 7.92. The number of aromatic nitrogens is 1. The van der Waals surface area contributed by atoms with Gasteiger partial charge in [-0.25, -0.2) is 4.98 Å². The summed E-state index contributed by atoms with van der Waals surface area (Å²) in [5.41, 5.74) is 1.73. The SMILES string of the molecule is CCCCOc1c(C)cnc(OC(C)=O)c1C. The number of pyridine rings is 1. The Morgan fingerprint density at radius 2 is 2.12 bits per heavy atom. The first kappa shape index (κ1) is 13.5. The molecule has 0 amide bonds. The van der Waals surface area contributed by atoms with Gasteiger partial charge in [0, 0.05) is 18.7 Å². The van der Waals surface area contributed by atoms with Crippen LogP contribution in [0.3, 0.4) is 0 Å². The molecule has 0 fully saturated rings. The molecule has 0 saturated carbocycles. The Bertz CT molecular complexity index is 402. The van der Waals surface area contributed by atoms with E-state index in [1.54, 1.807) is 6.20 Å². The summed E-state index contributed by atoms with van der Waals surface area (Å²) in [6, 6.07) is 0. The van der Waals surface area contributed by atoms with E-state index in [0.717, 1.165) is 29.7 Å². The van der Waals surface area contributed by atoms with Gasteiger partial charge in [0.2, 0.25) is 5.88 Å². The van der Waals surface area contributed by atoms with Crippen LogP contribution in [-0.2, 0) is 4.79 Å². The van der Waals surface area contributed by atoms with Gasteiger partial charge in [-0.05, 0) is 20.3 Å². The molecule has 1 aromatic heterocycles. The van der Waals surface area contributed by atoms with Crippen LogP contribution in [0.4, 0.5) is 0 Å². The number of hydrogen-bond acceptors (Lipinski definition) is 4. The van der Waals surface area contributed by atoms with Crippen LogP contribution >= 0.6 is 0 Å². The van der Waals surface area contributed by atoms with Crippen LogP contribution in [0.15, 0.2) is 6.20 Å². The first-order valence-electron chi connectivity index (χ1n) is 5.83. The number of nitrogens with zero attached hydrogens (tertiary/aromatic N) is 1. The van der Waals surface area contributed by atoms with E-state index in [1.807, 2.05) is 13.8 Å². The minimum atomic E-state index is -0.371. The number of aryl methyl sites for hydroxylation is 1. The molecule has 4 heteroatoms.